The molecule has 0 bridgehead atoms. The average Bonchev–Trinajstić information content (AvgIpc) is 2.43. The van der Waals surface area contributed by atoms with Crippen LogP contribution in [0.2, 0.25) is 5.02 Å². The second-order valence-corrected chi connectivity index (χ2v) is 5.16. The van der Waals surface area contributed by atoms with Gasteiger partial charge >= 0.3 is 0 Å². The molecule has 0 radical (unpaired) electrons. The topological polar surface area (TPSA) is 21.7 Å². The fourth-order valence-electron chi connectivity index (χ4n) is 2.30. The van der Waals surface area contributed by atoms with Crippen LogP contribution in [0.1, 0.15) is 18.9 Å². The van der Waals surface area contributed by atoms with Crippen molar-refractivity contribution in [3.8, 4) is 5.75 Å². The molecular weight excluding hydrogens is 262 g/mol. The third-order valence-electron chi connectivity index (χ3n) is 3.34. The molecule has 1 saturated heterocycles. The molecule has 2 rings (SSSR count). The predicted octanol–water partition coefficient (Wildman–Crippen LogP) is 3.00. The first-order chi connectivity index (χ1) is 9.29. The lowest BCUT2D eigenvalue weighted by Crippen LogP contribution is -2.36. The average molecular weight is 284 g/mol. The van der Waals surface area contributed by atoms with Crippen molar-refractivity contribution < 1.29 is 9.47 Å². The van der Waals surface area contributed by atoms with Crippen molar-refractivity contribution in [3.05, 3.63) is 28.8 Å². The molecule has 1 aliphatic heterocycles. The molecule has 1 fully saturated rings. The highest BCUT2D eigenvalue weighted by molar-refractivity contribution is 6.32. The van der Waals surface area contributed by atoms with Gasteiger partial charge in [0, 0.05) is 13.1 Å². The van der Waals surface area contributed by atoms with E-state index in [0.717, 1.165) is 51.4 Å². The molecule has 0 aromatic heterocycles. The summed E-state index contributed by atoms with van der Waals surface area (Å²) in [6, 6.07) is 6.10. The van der Waals surface area contributed by atoms with Gasteiger partial charge in [0.1, 0.15) is 5.75 Å². The van der Waals surface area contributed by atoms with Crippen molar-refractivity contribution in [2.75, 3.05) is 39.5 Å². The molecule has 0 aliphatic carbocycles. The Balaban J connectivity index is 1.77. The Morgan fingerprint density at radius 1 is 1.32 bits per heavy atom. The summed E-state index contributed by atoms with van der Waals surface area (Å²) in [6.45, 7) is 7.61. The Hall–Kier alpha value is -0.770. The van der Waals surface area contributed by atoms with Gasteiger partial charge in [-0.25, -0.2) is 0 Å². The Kier molecular flexibility index (Phi) is 5.95. The van der Waals surface area contributed by atoms with Crippen molar-refractivity contribution in [1.29, 1.82) is 0 Å². The lowest BCUT2D eigenvalue weighted by atomic mass is 10.1. The normalized spacial score (nSPS) is 16.5. The molecule has 4 heteroatoms. The minimum atomic E-state index is 0.649. The molecule has 0 atom stereocenters. The van der Waals surface area contributed by atoms with Crippen molar-refractivity contribution in [2.45, 2.75) is 19.8 Å². The zero-order valence-corrected chi connectivity index (χ0v) is 12.3. The van der Waals surface area contributed by atoms with Crippen LogP contribution in [-0.4, -0.2) is 44.4 Å². The van der Waals surface area contributed by atoms with Gasteiger partial charge in [0.05, 0.1) is 24.8 Å². The maximum absolute atomic E-state index is 6.18. The number of halogens is 1. The zero-order chi connectivity index (χ0) is 13.5. The van der Waals surface area contributed by atoms with Gasteiger partial charge in [-0.15, -0.1) is 0 Å². The van der Waals surface area contributed by atoms with Crippen LogP contribution < -0.4 is 4.74 Å². The van der Waals surface area contributed by atoms with E-state index in [-0.39, 0.29) is 0 Å². The predicted molar refractivity (Wildman–Crippen MR) is 78.2 cm³/mol. The Labute approximate surface area is 120 Å². The van der Waals surface area contributed by atoms with Gasteiger partial charge in [0.15, 0.2) is 0 Å². The largest absolute Gasteiger partial charge is 0.492 e. The first-order valence-electron chi connectivity index (χ1n) is 7.01. The van der Waals surface area contributed by atoms with E-state index >= 15 is 0 Å². The number of ether oxygens (including phenoxy) is 2. The third-order valence-corrected chi connectivity index (χ3v) is 3.63. The molecular formula is C15H22ClNO2. The van der Waals surface area contributed by atoms with Crippen molar-refractivity contribution >= 4 is 11.6 Å². The number of nitrogens with zero attached hydrogens (tertiary/aromatic N) is 1. The summed E-state index contributed by atoms with van der Waals surface area (Å²) >= 11 is 6.18. The number of morpholine rings is 1. The van der Waals surface area contributed by atoms with E-state index in [1.54, 1.807) is 0 Å². The minimum absolute atomic E-state index is 0.649. The monoisotopic (exact) mass is 283 g/mol. The van der Waals surface area contributed by atoms with Crippen LogP contribution in [0, 0.1) is 0 Å². The maximum atomic E-state index is 6.18. The molecule has 0 N–H and O–H groups in total. The summed E-state index contributed by atoms with van der Waals surface area (Å²) in [7, 11) is 0. The van der Waals surface area contributed by atoms with Crippen LogP contribution in [0.15, 0.2) is 18.2 Å². The second kappa shape index (κ2) is 7.73. The summed E-state index contributed by atoms with van der Waals surface area (Å²) in [6.07, 6.45) is 2.22. The highest BCUT2D eigenvalue weighted by Crippen LogP contribution is 2.25. The minimum Gasteiger partial charge on any atom is -0.492 e. The van der Waals surface area contributed by atoms with Crippen LogP contribution in [0.5, 0.6) is 5.75 Å². The van der Waals surface area contributed by atoms with E-state index in [0.29, 0.717) is 11.6 Å². The Morgan fingerprint density at radius 3 is 2.79 bits per heavy atom. The van der Waals surface area contributed by atoms with Gasteiger partial charge in [0.2, 0.25) is 0 Å². The Morgan fingerprint density at radius 2 is 2.11 bits per heavy atom. The summed E-state index contributed by atoms with van der Waals surface area (Å²) in [5.41, 5.74) is 1.28. The van der Waals surface area contributed by atoms with E-state index in [2.05, 4.69) is 11.0 Å². The van der Waals surface area contributed by atoms with E-state index in [1.165, 1.54) is 5.56 Å². The van der Waals surface area contributed by atoms with Gasteiger partial charge in [-0.1, -0.05) is 17.7 Å². The first kappa shape index (κ1) is 14.6. The highest BCUT2D eigenvalue weighted by Gasteiger charge is 2.09. The number of benzene rings is 1. The summed E-state index contributed by atoms with van der Waals surface area (Å²) in [5.74, 6) is 0.779. The zero-order valence-electron chi connectivity index (χ0n) is 11.5. The summed E-state index contributed by atoms with van der Waals surface area (Å²) in [5, 5.41) is 0.714. The summed E-state index contributed by atoms with van der Waals surface area (Å²) < 4.78 is 10.8. The lowest BCUT2D eigenvalue weighted by Gasteiger charge is -2.26. The van der Waals surface area contributed by atoms with Crippen LogP contribution in [0.4, 0.5) is 0 Å². The molecule has 0 amide bonds. The highest BCUT2D eigenvalue weighted by atomic mass is 35.5. The first-order valence-corrected chi connectivity index (χ1v) is 7.38. The molecule has 0 saturated carbocycles. The number of rotatable bonds is 6. The van der Waals surface area contributed by atoms with Crippen molar-refractivity contribution in [1.82, 2.24) is 4.90 Å². The smallest absolute Gasteiger partial charge is 0.137 e. The molecule has 1 aliphatic rings. The van der Waals surface area contributed by atoms with Gasteiger partial charge in [0.25, 0.3) is 0 Å². The molecule has 19 heavy (non-hydrogen) atoms. The fraction of sp³-hybridized carbons (Fsp3) is 0.600. The number of hydrogen-bond acceptors (Lipinski definition) is 3. The van der Waals surface area contributed by atoms with Gasteiger partial charge in [-0.3, -0.25) is 4.90 Å². The van der Waals surface area contributed by atoms with Crippen LogP contribution in [0.3, 0.4) is 0 Å². The van der Waals surface area contributed by atoms with Gasteiger partial charge in [-0.2, -0.15) is 0 Å². The third kappa shape index (κ3) is 4.68. The van der Waals surface area contributed by atoms with E-state index in [4.69, 9.17) is 21.1 Å². The molecule has 1 aromatic rings. The van der Waals surface area contributed by atoms with Gasteiger partial charge < -0.3 is 9.47 Å². The number of aryl methyl sites for hydroxylation is 1. The van der Waals surface area contributed by atoms with Crippen molar-refractivity contribution in [2.24, 2.45) is 0 Å². The second-order valence-electron chi connectivity index (χ2n) is 4.76. The van der Waals surface area contributed by atoms with E-state index in [1.807, 2.05) is 19.1 Å². The van der Waals surface area contributed by atoms with E-state index in [9.17, 15) is 0 Å². The van der Waals surface area contributed by atoms with Crippen LogP contribution >= 0.6 is 11.6 Å². The molecule has 106 valence electrons. The lowest BCUT2D eigenvalue weighted by molar-refractivity contribution is 0.0375. The molecule has 1 heterocycles. The molecule has 0 spiro atoms. The fourth-order valence-corrected chi connectivity index (χ4v) is 2.56. The van der Waals surface area contributed by atoms with Gasteiger partial charge in [-0.05, 0) is 44.0 Å². The maximum Gasteiger partial charge on any atom is 0.137 e. The summed E-state index contributed by atoms with van der Waals surface area (Å²) in [4.78, 5) is 2.46. The standard InChI is InChI=1S/C15H22ClNO2/c1-2-19-15-6-5-13(12-14(15)16)4-3-7-17-8-10-18-11-9-17/h5-6,12H,2-4,7-11H2,1H3. The molecule has 1 aromatic carbocycles. The van der Waals surface area contributed by atoms with Crippen LogP contribution in [0.25, 0.3) is 0 Å². The molecule has 0 unspecified atom stereocenters. The SMILES string of the molecule is CCOc1ccc(CCCN2CCOCC2)cc1Cl. The molecule has 3 nitrogen and oxygen atoms in total. The number of hydrogen-bond donors (Lipinski definition) is 0. The van der Waals surface area contributed by atoms with Crippen LogP contribution in [-0.2, 0) is 11.2 Å². The van der Waals surface area contributed by atoms with E-state index < -0.39 is 0 Å². The van der Waals surface area contributed by atoms with Crippen molar-refractivity contribution in [3.63, 3.8) is 0 Å². The quantitative estimate of drug-likeness (QED) is 0.801. The Bertz CT molecular complexity index is 392.